The fourth-order valence-electron chi connectivity index (χ4n) is 4.55. The summed E-state index contributed by atoms with van der Waals surface area (Å²) in [6, 6.07) is 16.0. The summed E-state index contributed by atoms with van der Waals surface area (Å²) in [4.78, 5) is 14.3. The number of alkyl halides is 3. The summed E-state index contributed by atoms with van der Waals surface area (Å²) in [6.45, 7) is 3.54. The number of nitrogens with one attached hydrogen (secondary N) is 1. The molecule has 0 aromatic heterocycles. The number of nitrogens with zero attached hydrogens (tertiary/aromatic N) is 1. The van der Waals surface area contributed by atoms with Gasteiger partial charge in [0.1, 0.15) is 17.2 Å². The van der Waals surface area contributed by atoms with Gasteiger partial charge in [0.2, 0.25) is 0 Å². The highest BCUT2D eigenvalue weighted by molar-refractivity contribution is 7.93. The molecule has 0 aliphatic carbocycles. The largest absolute Gasteiger partial charge is 0.573 e. The van der Waals surface area contributed by atoms with E-state index in [9.17, 15) is 40.0 Å². The molecular weight excluding hydrogens is 657 g/mol. The second-order valence-electron chi connectivity index (χ2n) is 10.2. The number of ether oxygens (including phenoxy) is 3. The minimum absolute atomic E-state index is 0.0178. The molecule has 1 fully saturated rings. The van der Waals surface area contributed by atoms with Gasteiger partial charge in [0, 0.05) is 26.7 Å². The highest BCUT2D eigenvalue weighted by Gasteiger charge is 2.52. The van der Waals surface area contributed by atoms with E-state index in [2.05, 4.69) is 4.74 Å². The van der Waals surface area contributed by atoms with Crippen LogP contribution >= 0.6 is 0 Å². The van der Waals surface area contributed by atoms with E-state index in [1.165, 1.54) is 54.0 Å². The Balaban J connectivity index is 0.000000441. The lowest BCUT2D eigenvalue weighted by atomic mass is 9.95. The van der Waals surface area contributed by atoms with E-state index in [1.54, 1.807) is 19.2 Å². The molecule has 17 heteroatoms. The molecule has 3 aromatic rings. The molecule has 0 radical (unpaired) electrons. The molecule has 3 aromatic carbocycles. The van der Waals surface area contributed by atoms with Crippen LogP contribution in [-0.2, 0) is 29.5 Å². The van der Waals surface area contributed by atoms with Crippen LogP contribution in [0.3, 0.4) is 0 Å². The van der Waals surface area contributed by atoms with Crippen LogP contribution in [0.15, 0.2) is 82.6 Å². The monoisotopic (exact) mass is 690 g/mol. The van der Waals surface area contributed by atoms with Gasteiger partial charge in [-0.1, -0.05) is 17.7 Å². The lowest BCUT2D eigenvalue weighted by Crippen LogP contribution is -2.57. The molecule has 0 unspecified atom stereocenters. The minimum atomic E-state index is -4.81. The number of halogens is 3. The van der Waals surface area contributed by atoms with Crippen molar-refractivity contribution in [3.05, 3.63) is 78.4 Å². The van der Waals surface area contributed by atoms with E-state index < -0.39 is 42.7 Å². The smallest absolute Gasteiger partial charge is 0.457 e. The number of piperidine rings is 1. The van der Waals surface area contributed by atoms with Crippen molar-refractivity contribution in [2.75, 3.05) is 33.4 Å². The van der Waals surface area contributed by atoms with Crippen LogP contribution < -0.4 is 15.0 Å². The Bertz CT molecular complexity index is 1660. The molecule has 0 saturated carbocycles. The number of aryl methyl sites for hydroxylation is 1. The highest BCUT2D eigenvalue weighted by atomic mass is 32.2. The number of sulfone groups is 1. The van der Waals surface area contributed by atoms with Crippen LogP contribution in [0.5, 0.6) is 17.2 Å². The third-order valence-corrected chi connectivity index (χ3v) is 10.4. The first kappa shape index (κ1) is 36.7. The van der Waals surface area contributed by atoms with E-state index in [-0.39, 0.29) is 34.1 Å². The van der Waals surface area contributed by atoms with Gasteiger partial charge in [-0.05, 0) is 80.4 Å². The van der Waals surface area contributed by atoms with Crippen LogP contribution in [0.25, 0.3) is 0 Å². The molecular formula is C29H33F3N2O10S2. The Kier molecular flexibility index (Phi) is 12.2. The molecule has 1 amide bonds. The molecule has 4 rings (SSSR count). The molecule has 0 bridgehead atoms. The number of amides is 1. The fourth-order valence-corrected chi connectivity index (χ4v) is 6.98. The fraction of sp³-hybridized carbons (Fsp3) is 0.345. The molecule has 0 spiro atoms. The zero-order valence-corrected chi connectivity index (χ0v) is 26.4. The van der Waals surface area contributed by atoms with E-state index in [0.717, 1.165) is 17.7 Å². The SMILES string of the molecule is COCCN1CCC(C(=O)NO)(S(=O)(=O)c2ccc(Oc3ccc(OC(F)(F)F)cc3)cc2)CC1.Cc1ccc(S(=O)(=O)O)cc1. The lowest BCUT2D eigenvalue weighted by molar-refractivity contribution is -0.274. The summed E-state index contributed by atoms with van der Waals surface area (Å²) in [5, 5.41) is 9.27. The number of carbonyl (C=O) groups is 1. The standard InChI is InChI=1S/C22H25F3N2O7S.C7H8O3S/c1-32-15-14-27-12-10-21(11-13-27,20(28)26-29)35(30,31)19-8-6-17(7-9-19)33-16-2-4-18(5-3-16)34-22(23,24)25;1-6-2-4-7(5-3-6)11(8,9)10/h2-9,29H,10-15H2,1H3,(H,26,28);2-5H,1H3,(H,8,9,10). The average Bonchev–Trinajstić information content (AvgIpc) is 3.00. The van der Waals surface area contributed by atoms with Crippen LogP contribution in [0.2, 0.25) is 0 Å². The van der Waals surface area contributed by atoms with Gasteiger partial charge >= 0.3 is 6.36 Å². The van der Waals surface area contributed by atoms with E-state index >= 15 is 0 Å². The predicted octanol–water partition coefficient (Wildman–Crippen LogP) is 4.38. The van der Waals surface area contributed by atoms with E-state index in [0.29, 0.717) is 26.2 Å². The first-order chi connectivity index (χ1) is 21.5. The topological polar surface area (TPSA) is 169 Å². The number of hydrogen-bond donors (Lipinski definition) is 3. The van der Waals surface area contributed by atoms with Gasteiger partial charge in [-0.3, -0.25) is 14.6 Å². The number of likely N-dealkylation sites (tertiary alicyclic amines) is 1. The maximum Gasteiger partial charge on any atom is 0.573 e. The Labute approximate surface area is 264 Å². The highest BCUT2D eigenvalue weighted by Crippen LogP contribution is 2.37. The molecule has 252 valence electrons. The van der Waals surface area contributed by atoms with Crippen molar-refractivity contribution in [2.24, 2.45) is 0 Å². The third-order valence-electron chi connectivity index (χ3n) is 7.05. The molecule has 3 N–H and O–H groups in total. The van der Waals surface area contributed by atoms with Crippen molar-refractivity contribution >= 4 is 25.9 Å². The molecule has 1 heterocycles. The van der Waals surface area contributed by atoms with Crippen molar-refractivity contribution in [1.29, 1.82) is 0 Å². The van der Waals surface area contributed by atoms with Crippen molar-refractivity contribution in [2.45, 2.75) is 40.7 Å². The zero-order valence-electron chi connectivity index (χ0n) is 24.7. The van der Waals surface area contributed by atoms with Crippen molar-refractivity contribution < 1.29 is 58.8 Å². The second-order valence-corrected chi connectivity index (χ2v) is 13.8. The summed E-state index contributed by atoms with van der Waals surface area (Å²) >= 11 is 0. The quantitative estimate of drug-likeness (QED) is 0.157. The van der Waals surface area contributed by atoms with Crippen molar-refractivity contribution in [3.63, 3.8) is 0 Å². The minimum Gasteiger partial charge on any atom is -0.457 e. The molecule has 1 aliphatic heterocycles. The molecule has 1 saturated heterocycles. The Morgan fingerprint density at radius 1 is 0.870 bits per heavy atom. The normalized spacial score (nSPS) is 15.3. The maximum absolute atomic E-state index is 13.5. The third kappa shape index (κ3) is 9.63. The summed E-state index contributed by atoms with van der Waals surface area (Å²) in [7, 11) is -6.66. The maximum atomic E-state index is 13.5. The van der Waals surface area contributed by atoms with E-state index in [1.807, 2.05) is 11.8 Å². The van der Waals surface area contributed by atoms with Crippen LogP contribution in [0.4, 0.5) is 13.2 Å². The first-order valence-corrected chi connectivity index (χ1v) is 16.5. The van der Waals surface area contributed by atoms with Crippen LogP contribution in [0.1, 0.15) is 18.4 Å². The molecule has 12 nitrogen and oxygen atoms in total. The Morgan fingerprint density at radius 2 is 1.35 bits per heavy atom. The number of hydroxylamine groups is 1. The Morgan fingerprint density at radius 3 is 1.80 bits per heavy atom. The van der Waals surface area contributed by atoms with Gasteiger partial charge in [-0.15, -0.1) is 13.2 Å². The number of carbonyl (C=O) groups excluding carboxylic acids is 1. The average molecular weight is 691 g/mol. The Hall–Kier alpha value is -3.74. The summed E-state index contributed by atoms with van der Waals surface area (Å²) in [5.41, 5.74) is 2.46. The zero-order chi connectivity index (χ0) is 34.2. The van der Waals surface area contributed by atoms with Gasteiger partial charge in [0.05, 0.1) is 16.4 Å². The van der Waals surface area contributed by atoms with Gasteiger partial charge in [-0.2, -0.15) is 8.42 Å². The van der Waals surface area contributed by atoms with Gasteiger partial charge < -0.3 is 19.1 Å². The predicted molar refractivity (Wildman–Crippen MR) is 158 cm³/mol. The van der Waals surface area contributed by atoms with Crippen LogP contribution in [-0.4, -0.2) is 81.9 Å². The summed E-state index contributed by atoms with van der Waals surface area (Å²) in [5.74, 6) is -0.976. The summed E-state index contributed by atoms with van der Waals surface area (Å²) in [6.07, 6.45) is -4.85. The lowest BCUT2D eigenvalue weighted by Gasteiger charge is -2.39. The number of hydrogen-bond acceptors (Lipinski definition) is 10. The number of methoxy groups -OCH3 is 1. The van der Waals surface area contributed by atoms with Crippen LogP contribution in [0, 0.1) is 6.92 Å². The van der Waals surface area contributed by atoms with Gasteiger partial charge in [-0.25, -0.2) is 13.9 Å². The molecule has 0 atom stereocenters. The van der Waals surface area contributed by atoms with Gasteiger partial charge in [0.25, 0.3) is 16.0 Å². The molecule has 46 heavy (non-hydrogen) atoms. The number of benzene rings is 3. The second kappa shape index (κ2) is 15.2. The summed E-state index contributed by atoms with van der Waals surface area (Å²) < 4.78 is 106. The first-order valence-electron chi connectivity index (χ1n) is 13.6. The van der Waals surface area contributed by atoms with E-state index in [4.69, 9.17) is 14.0 Å². The van der Waals surface area contributed by atoms with Crippen molar-refractivity contribution in [3.8, 4) is 17.2 Å². The van der Waals surface area contributed by atoms with Gasteiger partial charge in [0.15, 0.2) is 14.6 Å². The molecule has 1 aliphatic rings. The number of rotatable bonds is 10. The van der Waals surface area contributed by atoms with Crippen molar-refractivity contribution in [1.82, 2.24) is 10.4 Å².